The summed E-state index contributed by atoms with van der Waals surface area (Å²) < 4.78 is 19.6. The largest absolute Gasteiger partial charge is 0.493 e. The number of aryl methyl sites for hydroxylation is 1. The Morgan fingerprint density at radius 3 is 2.36 bits per heavy atom. The van der Waals surface area contributed by atoms with E-state index in [4.69, 9.17) is 25.7 Å². The number of nitrogens with two attached hydrogens (primary N) is 2. The molecular weight excluding hydrogens is 526 g/mol. The molecule has 2 aromatic carbocycles. The van der Waals surface area contributed by atoms with Gasteiger partial charge in [0.2, 0.25) is 5.91 Å². The van der Waals surface area contributed by atoms with Crippen LogP contribution >= 0.6 is 11.5 Å². The highest BCUT2D eigenvalue weighted by atomic mass is 32.1. The van der Waals surface area contributed by atoms with Gasteiger partial charge < -0.3 is 31.0 Å². The molecule has 0 bridgehead atoms. The number of nitrogens with one attached hydrogen (secondary N) is 1. The Labute approximate surface area is 229 Å². The Balaban J connectivity index is 2.23. The molecule has 0 aliphatic heterocycles. The van der Waals surface area contributed by atoms with Crippen LogP contribution in [0.4, 0.5) is 11.4 Å². The zero-order valence-electron chi connectivity index (χ0n) is 21.8. The molecule has 3 amide bonds. The number of carbonyl (C=O) groups is 4. The summed E-state index contributed by atoms with van der Waals surface area (Å²) in [5.74, 6) is -2.23. The smallest absolute Gasteiger partial charge is 0.325 e. The molecular formula is C26H29N5O7S. The van der Waals surface area contributed by atoms with Crippen LogP contribution in [0.1, 0.15) is 44.3 Å². The average Bonchev–Trinajstić information content (AvgIpc) is 3.31. The van der Waals surface area contributed by atoms with Crippen molar-refractivity contribution in [3.05, 3.63) is 64.2 Å². The average molecular weight is 556 g/mol. The van der Waals surface area contributed by atoms with E-state index in [2.05, 4.69) is 9.69 Å². The van der Waals surface area contributed by atoms with Crippen molar-refractivity contribution in [2.45, 2.75) is 19.9 Å². The third kappa shape index (κ3) is 6.26. The number of anilines is 2. The third-order valence-electron chi connectivity index (χ3n) is 5.69. The molecule has 0 radical (unpaired) electrons. The van der Waals surface area contributed by atoms with E-state index in [1.54, 1.807) is 56.3 Å². The first-order valence-electron chi connectivity index (χ1n) is 11.7. The fourth-order valence-corrected chi connectivity index (χ4v) is 4.59. The summed E-state index contributed by atoms with van der Waals surface area (Å²) in [6, 6.07) is 10.3. The molecule has 0 saturated carbocycles. The summed E-state index contributed by atoms with van der Waals surface area (Å²) in [5.41, 5.74) is 12.4. The number of aromatic nitrogens is 1. The molecule has 0 spiro atoms. The monoisotopic (exact) mass is 555 g/mol. The first kappa shape index (κ1) is 28.9. The van der Waals surface area contributed by atoms with Crippen molar-refractivity contribution in [2.75, 3.05) is 38.0 Å². The van der Waals surface area contributed by atoms with Crippen molar-refractivity contribution in [2.24, 2.45) is 5.73 Å². The highest BCUT2D eigenvalue weighted by Crippen LogP contribution is 2.37. The second-order valence-electron chi connectivity index (χ2n) is 8.14. The van der Waals surface area contributed by atoms with Gasteiger partial charge in [-0.15, -0.1) is 0 Å². The van der Waals surface area contributed by atoms with E-state index in [0.29, 0.717) is 39.8 Å². The molecule has 13 heteroatoms. The van der Waals surface area contributed by atoms with Crippen LogP contribution in [0.2, 0.25) is 0 Å². The van der Waals surface area contributed by atoms with Crippen molar-refractivity contribution in [1.82, 2.24) is 9.69 Å². The summed E-state index contributed by atoms with van der Waals surface area (Å²) in [6.07, 6.45) is 0. The summed E-state index contributed by atoms with van der Waals surface area (Å²) in [6.45, 7) is 3.11. The lowest BCUT2D eigenvalue weighted by atomic mass is 10.0. The quantitative estimate of drug-likeness (QED) is 0.299. The number of rotatable bonds is 11. The van der Waals surface area contributed by atoms with Crippen molar-refractivity contribution in [3.63, 3.8) is 0 Å². The number of esters is 1. The minimum absolute atomic E-state index is 0.0873. The zero-order chi connectivity index (χ0) is 28.7. The number of nitrogens with zero attached hydrogens (tertiary/aromatic N) is 2. The number of benzene rings is 2. The van der Waals surface area contributed by atoms with Crippen LogP contribution in [0.3, 0.4) is 0 Å². The Morgan fingerprint density at radius 2 is 1.77 bits per heavy atom. The van der Waals surface area contributed by atoms with Crippen molar-refractivity contribution in [3.8, 4) is 11.5 Å². The van der Waals surface area contributed by atoms with Crippen LogP contribution in [0.25, 0.3) is 0 Å². The Morgan fingerprint density at radius 1 is 1.08 bits per heavy atom. The van der Waals surface area contributed by atoms with E-state index < -0.39 is 36.3 Å². The van der Waals surface area contributed by atoms with Gasteiger partial charge in [0, 0.05) is 5.69 Å². The first-order valence-corrected chi connectivity index (χ1v) is 12.5. The molecule has 1 atom stereocenters. The van der Waals surface area contributed by atoms with Gasteiger partial charge in [-0.3, -0.25) is 24.1 Å². The minimum Gasteiger partial charge on any atom is -0.493 e. The topological polar surface area (TPSA) is 176 Å². The summed E-state index contributed by atoms with van der Waals surface area (Å²) >= 11 is 0.687. The summed E-state index contributed by atoms with van der Waals surface area (Å²) in [7, 11) is 2.90. The Hall–Kier alpha value is -4.65. The lowest BCUT2D eigenvalue weighted by molar-refractivity contribution is -0.143. The lowest BCUT2D eigenvalue weighted by Gasteiger charge is -2.32. The molecule has 0 aliphatic rings. The van der Waals surface area contributed by atoms with E-state index >= 15 is 0 Å². The van der Waals surface area contributed by atoms with Gasteiger partial charge in [0.15, 0.2) is 17.2 Å². The summed E-state index contributed by atoms with van der Waals surface area (Å²) in [4.78, 5) is 52.8. The van der Waals surface area contributed by atoms with Gasteiger partial charge in [0.05, 0.1) is 26.5 Å². The van der Waals surface area contributed by atoms with E-state index in [1.807, 2.05) is 0 Å². The van der Waals surface area contributed by atoms with E-state index in [-0.39, 0.29) is 22.9 Å². The molecule has 3 rings (SSSR count). The Bertz CT molecular complexity index is 1390. The van der Waals surface area contributed by atoms with E-state index in [9.17, 15) is 19.2 Å². The molecule has 1 heterocycles. The van der Waals surface area contributed by atoms with Crippen LogP contribution in [0.5, 0.6) is 11.5 Å². The van der Waals surface area contributed by atoms with Crippen LogP contribution in [-0.2, 0) is 14.3 Å². The van der Waals surface area contributed by atoms with Crippen molar-refractivity contribution < 1.29 is 33.4 Å². The van der Waals surface area contributed by atoms with Gasteiger partial charge in [0.1, 0.15) is 17.5 Å². The number of methoxy groups -OCH3 is 2. The van der Waals surface area contributed by atoms with Gasteiger partial charge in [0.25, 0.3) is 11.8 Å². The Kier molecular flexibility index (Phi) is 9.44. The molecule has 0 fully saturated rings. The number of nitrogen functional groups attached to an aromatic ring is 1. The van der Waals surface area contributed by atoms with Crippen LogP contribution < -0.4 is 31.2 Å². The van der Waals surface area contributed by atoms with Crippen molar-refractivity contribution >= 4 is 46.6 Å². The lowest BCUT2D eigenvalue weighted by Crippen LogP contribution is -2.45. The predicted octanol–water partition coefficient (Wildman–Crippen LogP) is 2.22. The van der Waals surface area contributed by atoms with E-state index in [0.717, 1.165) is 0 Å². The standard InChI is InChI=1S/C26H29N5O7S/c1-5-38-19(32)13-29-25(34)22(15-10-11-17(36-3)18(12-15)37-4)31(16-9-7-6-8-14(16)2)26(35)23-20(27)21(24(28)33)30-39-23/h6-12,22H,5,13,27H2,1-4H3,(H2,28,33)(H,29,34)/t22-/m0/s1. The SMILES string of the molecule is CCOC(=O)CNC(=O)[C@H](c1ccc(OC)c(OC)c1)N(C(=O)c1snc(C(N)=O)c1N)c1ccccc1C. The van der Waals surface area contributed by atoms with Gasteiger partial charge >= 0.3 is 5.97 Å². The molecule has 39 heavy (non-hydrogen) atoms. The van der Waals surface area contributed by atoms with Gasteiger partial charge in [-0.2, -0.15) is 4.37 Å². The predicted molar refractivity (Wildman–Crippen MR) is 145 cm³/mol. The van der Waals surface area contributed by atoms with Crippen LogP contribution in [-0.4, -0.2) is 55.4 Å². The van der Waals surface area contributed by atoms with Gasteiger partial charge in [-0.1, -0.05) is 24.3 Å². The molecule has 0 saturated heterocycles. The molecule has 0 aliphatic carbocycles. The molecule has 0 unspecified atom stereocenters. The molecule has 3 aromatic rings. The highest BCUT2D eigenvalue weighted by molar-refractivity contribution is 7.09. The number of ether oxygens (including phenoxy) is 3. The molecule has 12 nitrogen and oxygen atoms in total. The maximum Gasteiger partial charge on any atom is 0.325 e. The third-order valence-corrected chi connectivity index (χ3v) is 6.54. The van der Waals surface area contributed by atoms with Crippen molar-refractivity contribution in [1.29, 1.82) is 0 Å². The number of primary amides is 1. The zero-order valence-corrected chi connectivity index (χ0v) is 22.7. The van der Waals surface area contributed by atoms with E-state index in [1.165, 1.54) is 19.1 Å². The second kappa shape index (κ2) is 12.7. The fraction of sp³-hybridized carbons (Fsp3) is 0.269. The number of amides is 3. The maximum absolute atomic E-state index is 14.1. The van der Waals surface area contributed by atoms with Crippen LogP contribution in [0, 0.1) is 6.92 Å². The summed E-state index contributed by atoms with van der Waals surface area (Å²) in [5, 5.41) is 2.55. The highest BCUT2D eigenvalue weighted by Gasteiger charge is 2.37. The fourth-order valence-electron chi connectivity index (χ4n) is 3.85. The second-order valence-corrected chi connectivity index (χ2v) is 8.91. The van der Waals surface area contributed by atoms with Crippen LogP contribution in [0.15, 0.2) is 42.5 Å². The molecule has 5 N–H and O–H groups in total. The van der Waals surface area contributed by atoms with Gasteiger partial charge in [-0.25, -0.2) is 0 Å². The number of carbonyl (C=O) groups excluding carboxylic acids is 4. The van der Waals surface area contributed by atoms with Gasteiger partial charge in [-0.05, 0) is 54.7 Å². The first-order chi connectivity index (χ1) is 18.6. The molecule has 1 aromatic heterocycles. The molecule has 206 valence electrons. The number of hydrogen-bond acceptors (Lipinski definition) is 10. The maximum atomic E-state index is 14.1. The normalized spacial score (nSPS) is 11.3. The number of hydrogen-bond donors (Lipinski definition) is 3. The minimum atomic E-state index is -1.33. The number of para-hydroxylation sites is 1.